The van der Waals surface area contributed by atoms with Crippen LogP contribution in [0.3, 0.4) is 0 Å². The molecule has 0 aliphatic heterocycles. The maximum Gasteiger partial charge on any atom is 0.411 e. The number of anilines is 3. The smallest absolute Gasteiger partial charge is 0.411 e. The Morgan fingerprint density at radius 2 is 1.46 bits per heavy atom. The van der Waals surface area contributed by atoms with Gasteiger partial charge in [-0.25, -0.2) is 9.78 Å². The van der Waals surface area contributed by atoms with Gasteiger partial charge in [0.2, 0.25) is 0 Å². The second-order valence-corrected chi connectivity index (χ2v) is 8.72. The number of nitrogens with one attached hydrogen (secondary N) is 3. The minimum atomic E-state index is -0.503. The minimum Gasteiger partial charge on any atom is -0.444 e. The summed E-state index contributed by atoms with van der Waals surface area (Å²) in [5.41, 5.74) is 7.22. The molecular weight excluding hydrogens is 460 g/mol. The van der Waals surface area contributed by atoms with Gasteiger partial charge in [-0.1, -0.05) is 54.6 Å². The highest BCUT2D eigenvalue weighted by atomic mass is 16.5. The first-order valence-electron chi connectivity index (χ1n) is 12.0. The van der Waals surface area contributed by atoms with E-state index in [4.69, 9.17) is 9.72 Å². The van der Waals surface area contributed by atoms with Crippen LogP contribution in [-0.2, 0) is 11.3 Å². The van der Waals surface area contributed by atoms with Gasteiger partial charge in [0.1, 0.15) is 6.61 Å². The predicted octanol–water partition coefficient (Wildman–Crippen LogP) is 7.88. The fourth-order valence-electron chi connectivity index (χ4n) is 4.46. The number of carbonyl (C=O) groups is 1. The molecule has 6 aromatic rings. The summed E-state index contributed by atoms with van der Waals surface area (Å²) in [5.74, 6) is 0. The van der Waals surface area contributed by atoms with Crippen molar-refractivity contribution in [3.05, 3.63) is 121 Å². The van der Waals surface area contributed by atoms with Crippen LogP contribution in [0.15, 0.2) is 115 Å². The van der Waals surface area contributed by atoms with Crippen LogP contribution in [0.5, 0.6) is 0 Å². The number of H-pyrrole nitrogens is 1. The molecule has 0 radical (unpaired) electrons. The number of hydrogen-bond acceptors (Lipinski definition) is 4. The Bertz CT molecular complexity index is 1640. The highest BCUT2D eigenvalue weighted by Crippen LogP contribution is 2.34. The third-order valence-corrected chi connectivity index (χ3v) is 6.15. The third kappa shape index (κ3) is 4.86. The van der Waals surface area contributed by atoms with Crippen molar-refractivity contribution in [2.24, 2.45) is 0 Å². The maximum absolute atomic E-state index is 12.4. The van der Waals surface area contributed by atoms with Gasteiger partial charge in [-0.3, -0.25) is 5.32 Å². The van der Waals surface area contributed by atoms with E-state index in [-0.39, 0.29) is 6.61 Å². The molecule has 37 heavy (non-hydrogen) atoms. The molecule has 3 N–H and O–H groups in total. The molecule has 6 nitrogen and oxygen atoms in total. The molecule has 0 unspecified atom stereocenters. The summed E-state index contributed by atoms with van der Waals surface area (Å²) in [6, 6.07) is 35.6. The summed E-state index contributed by atoms with van der Waals surface area (Å²) >= 11 is 0. The molecule has 4 aromatic carbocycles. The zero-order valence-electron chi connectivity index (χ0n) is 19.9. The summed E-state index contributed by atoms with van der Waals surface area (Å²) < 4.78 is 5.55. The van der Waals surface area contributed by atoms with E-state index in [1.165, 1.54) is 0 Å². The minimum absolute atomic E-state index is 0.125. The van der Waals surface area contributed by atoms with Crippen molar-refractivity contribution in [2.45, 2.75) is 6.61 Å². The Morgan fingerprint density at radius 3 is 2.16 bits per heavy atom. The van der Waals surface area contributed by atoms with Crippen LogP contribution >= 0.6 is 0 Å². The Labute approximate surface area is 213 Å². The molecule has 0 aliphatic carbocycles. The molecular formula is C31H24N4O2. The van der Waals surface area contributed by atoms with E-state index < -0.39 is 6.09 Å². The Kier molecular flexibility index (Phi) is 5.97. The first kappa shape index (κ1) is 22.4. The normalized spacial score (nSPS) is 10.9. The predicted molar refractivity (Wildman–Crippen MR) is 149 cm³/mol. The largest absolute Gasteiger partial charge is 0.444 e. The molecule has 0 atom stereocenters. The molecule has 6 rings (SSSR count). The van der Waals surface area contributed by atoms with E-state index in [1.54, 1.807) is 0 Å². The summed E-state index contributed by atoms with van der Waals surface area (Å²) in [6.07, 6.45) is 1.39. The molecule has 180 valence electrons. The fraction of sp³-hybridized carbons (Fsp3) is 0.0323. The van der Waals surface area contributed by atoms with Crippen LogP contribution in [0.4, 0.5) is 21.9 Å². The van der Waals surface area contributed by atoms with Crippen LogP contribution in [0.1, 0.15) is 5.56 Å². The second-order valence-electron chi connectivity index (χ2n) is 8.72. The second kappa shape index (κ2) is 9.87. The van der Waals surface area contributed by atoms with Crippen molar-refractivity contribution in [2.75, 3.05) is 10.6 Å². The Balaban J connectivity index is 1.35. The van der Waals surface area contributed by atoms with Crippen molar-refractivity contribution in [3.63, 3.8) is 0 Å². The number of amides is 1. The number of benzene rings is 4. The lowest BCUT2D eigenvalue weighted by molar-refractivity contribution is 0.155. The van der Waals surface area contributed by atoms with Gasteiger partial charge in [0, 0.05) is 39.6 Å². The zero-order valence-corrected chi connectivity index (χ0v) is 19.9. The molecule has 2 aromatic heterocycles. The monoisotopic (exact) mass is 484 g/mol. The van der Waals surface area contributed by atoms with Gasteiger partial charge >= 0.3 is 6.09 Å². The average Bonchev–Trinajstić information content (AvgIpc) is 3.48. The van der Waals surface area contributed by atoms with Crippen molar-refractivity contribution < 1.29 is 9.53 Å². The van der Waals surface area contributed by atoms with E-state index in [1.807, 2.05) is 97.2 Å². The number of ether oxygens (including phenoxy) is 1. The van der Waals surface area contributed by atoms with Crippen molar-refractivity contribution >= 4 is 45.0 Å². The van der Waals surface area contributed by atoms with Gasteiger partial charge in [0.15, 0.2) is 0 Å². The van der Waals surface area contributed by atoms with E-state index in [2.05, 4.69) is 33.8 Å². The molecule has 0 fully saturated rings. The lowest BCUT2D eigenvalue weighted by Crippen LogP contribution is -2.13. The van der Waals surface area contributed by atoms with Crippen molar-refractivity contribution in [1.29, 1.82) is 0 Å². The topological polar surface area (TPSA) is 79.0 Å². The molecule has 0 spiro atoms. The van der Waals surface area contributed by atoms with Crippen LogP contribution in [0.25, 0.3) is 33.1 Å². The van der Waals surface area contributed by atoms with Gasteiger partial charge in [-0.05, 0) is 60.2 Å². The Morgan fingerprint density at radius 1 is 0.757 bits per heavy atom. The number of pyridine rings is 1. The summed E-state index contributed by atoms with van der Waals surface area (Å²) in [6.45, 7) is 0.125. The number of carbonyl (C=O) groups excluding carboxylic acids is 1. The highest BCUT2D eigenvalue weighted by molar-refractivity contribution is 6.08. The molecule has 6 heteroatoms. The fourth-order valence-corrected chi connectivity index (χ4v) is 4.46. The van der Waals surface area contributed by atoms with Gasteiger partial charge in [-0.2, -0.15) is 0 Å². The molecule has 0 saturated carbocycles. The Hall–Kier alpha value is -5.10. The maximum atomic E-state index is 12.4. The summed E-state index contributed by atoms with van der Waals surface area (Å²) in [4.78, 5) is 20.5. The van der Waals surface area contributed by atoms with Gasteiger partial charge in [0.25, 0.3) is 0 Å². The number of fused-ring (bicyclic) bond motifs is 2. The van der Waals surface area contributed by atoms with Crippen LogP contribution < -0.4 is 10.6 Å². The van der Waals surface area contributed by atoms with Gasteiger partial charge in [0.05, 0.1) is 16.7 Å². The van der Waals surface area contributed by atoms with Crippen molar-refractivity contribution in [1.82, 2.24) is 9.97 Å². The lowest BCUT2D eigenvalue weighted by Gasteiger charge is -2.16. The number of aromatic amines is 1. The van der Waals surface area contributed by atoms with Crippen LogP contribution in [-0.4, -0.2) is 16.1 Å². The standard InChI is InChI=1S/C31H24N4O2/c36-31(34-23-9-2-1-3-10-23)37-20-21-17-22(27-15-8-16-32-27)19-24(18-21)33-30-25-11-4-6-13-28(25)35-29-14-7-5-12-26(29)30/h1-19,32H,20H2,(H,33,35)(H,34,36). The first-order valence-corrected chi connectivity index (χ1v) is 12.0. The average molecular weight is 485 g/mol. The quantitative estimate of drug-likeness (QED) is 0.210. The first-order chi connectivity index (χ1) is 18.2. The third-order valence-electron chi connectivity index (χ3n) is 6.15. The SMILES string of the molecule is O=C(Nc1ccccc1)OCc1cc(Nc2c3ccccc3nc3ccccc23)cc(-c2ccc[nH]2)c1. The van der Waals surface area contributed by atoms with E-state index in [0.717, 1.165) is 50.0 Å². The molecule has 0 aliphatic rings. The number of nitrogens with zero attached hydrogens (tertiary/aromatic N) is 1. The molecule has 1 amide bonds. The van der Waals surface area contributed by atoms with E-state index >= 15 is 0 Å². The van der Waals surface area contributed by atoms with Crippen LogP contribution in [0, 0.1) is 0 Å². The van der Waals surface area contributed by atoms with Crippen molar-refractivity contribution in [3.8, 4) is 11.3 Å². The number of hydrogen-bond donors (Lipinski definition) is 3. The van der Waals surface area contributed by atoms with Gasteiger partial charge in [-0.15, -0.1) is 0 Å². The van der Waals surface area contributed by atoms with E-state index in [9.17, 15) is 4.79 Å². The lowest BCUT2D eigenvalue weighted by atomic mass is 10.0. The number of rotatable bonds is 6. The molecule has 0 bridgehead atoms. The highest BCUT2D eigenvalue weighted by Gasteiger charge is 2.12. The number of para-hydroxylation sites is 3. The van der Waals surface area contributed by atoms with E-state index in [0.29, 0.717) is 5.69 Å². The number of aromatic nitrogens is 2. The van der Waals surface area contributed by atoms with Crippen LogP contribution in [0.2, 0.25) is 0 Å². The summed E-state index contributed by atoms with van der Waals surface area (Å²) in [7, 11) is 0. The molecule has 0 saturated heterocycles. The summed E-state index contributed by atoms with van der Waals surface area (Å²) in [5, 5.41) is 8.48. The van der Waals surface area contributed by atoms with Gasteiger partial charge < -0.3 is 15.0 Å². The zero-order chi connectivity index (χ0) is 25.0. The molecule has 2 heterocycles.